The van der Waals surface area contributed by atoms with Gasteiger partial charge in [-0.15, -0.1) is 0 Å². The van der Waals surface area contributed by atoms with Crippen molar-refractivity contribution >= 4 is 21.8 Å². The number of halogens is 1. The van der Waals surface area contributed by atoms with Gasteiger partial charge in [0.15, 0.2) is 0 Å². The maximum atomic E-state index is 12.4. The Labute approximate surface area is 124 Å². The number of aryl methyl sites for hydroxylation is 2. The molecule has 1 aromatic heterocycles. The second-order valence-corrected chi connectivity index (χ2v) is 5.78. The molecule has 0 aromatic carbocycles. The van der Waals surface area contributed by atoms with Crippen molar-refractivity contribution in [3.05, 3.63) is 17.5 Å². The highest BCUT2D eigenvalue weighted by Gasteiger charge is 2.19. The van der Waals surface area contributed by atoms with Crippen molar-refractivity contribution in [1.82, 2.24) is 15.1 Å². The molecule has 4 nitrogen and oxygen atoms in total. The zero-order valence-electron chi connectivity index (χ0n) is 12.2. The monoisotopic (exact) mass is 329 g/mol. The summed E-state index contributed by atoms with van der Waals surface area (Å²) in [4.78, 5) is 12.4. The van der Waals surface area contributed by atoms with E-state index in [9.17, 15) is 4.79 Å². The van der Waals surface area contributed by atoms with Crippen LogP contribution < -0.4 is 5.32 Å². The summed E-state index contributed by atoms with van der Waals surface area (Å²) in [5, 5.41) is 8.42. The lowest BCUT2D eigenvalue weighted by atomic mass is 10.0. The summed E-state index contributed by atoms with van der Waals surface area (Å²) in [6.07, 6.45) is 1.78. The molecule has 1 aromatic rings. The highest BCUT2D eigenvalue weighted by atomic mass is 79.9. The van der Waals surface area contributed by atoms with E-state index < -0.39 is 0 Å². The van der Waals surface area contributed by atoms with Gasteiger partial charge in [-0.1, -0.05) is 36.7 Å². The molecule has 1 atom stereocenters. The highest BCUT2D eigenvalue weighted by molar-refractivity contribution is 9.09. The predicted molar refractivity (Wildman–Crippen MR) is 81.8 cm³/mol. The normalized spacial score (nSPS) is 12.7. The van der Waals surface area contributed by atoms with E-state index in [1.807, 2.05) is 19.9 Å². The fourth-order valence-electron chi connectivity index (χ4n) is 2.00. The molecule has 19 heavy (non-hydrogen) atoms. The van der Waals surface area contributed by atoms with Gasteiger partial charge < -0.3 is 5.32 Å². The lowest BCUT2D eigenvalue weighted by molar-refractivity contribution is 0.0914. The fourth-order valence-corrected chi connectivity index (χ4v) is 2.49. The van der Waals surface area contributed by atoms with Crippen molar-refractivity contribution in [1.29, 1.82) is 0 Å². The van der Waals surface area contributed by atoms with E-state index in [0.29, 0.717) is 18.2 Å². The summed E-state index contributed by atoms with van der Waals surface area (Å²) >= 11 is 3.44. The first kappa shape index (κ1) is 16.2. The largest absolute Gasteiger partial charge is 0.348 e. The Morgan fingerprint density at radius 2 is 2.16 bits per heavy atom. The zero-order chi connectivity index (χ0) is 14.4. The number of hydrogen-bond donors (Lipinski definition) is 1. The Balaban J connectivity index is 2.84. The molecule has 1 heterocycles. The molecule has 0 bridgehead atoms. The van der Waals surface area contributed by atoms with Crippen LogP contribution in [0.15, 0.2) is 6.07 Å². The second-order valence-electron chi connectivity index (χ2n) is 4.99. The zero-order valence-corrected chi connectivity index (χ0v) is 13.8. The molecule has 0 saturated carbocycles. The molecule has 5 heteroatoms. The summed E-state index contributed by atoms with van der Waals surface area (Å²) in [6, 6.07) is 2.09. The average Bonchev–Trinajstić information content (AvgIpc) is 2.81. The van der Waals surface area contributed by atoms with Crippen LogP contribution in [0.3, 0.4) is 0 Å². The van der Waals surface area contributed by atoms with E-state index in [1.165, 1.54) is 0 Å². The number of rotatable bonds is 7. The van der Waals surface area contributed by atoms with E-state index in [-0.39, 0.29) is 11.9 Å². The Morgan fingerprint density at radius 3 is 2.63 bits per heavy atom. The van der Waals surface area contributed by atoms with Crippen molar-refractivity contribution in [2.24, 2.45) is 5.92 Å². The third kappa shape index (κ3) is 4.34. The van der Waals surface area contributed by atoms with Crippen molar-refractivity contribution in [2.75, 3.05) is 5.33 Å². The first-order chi connectivity index (χ1) is 9.03. The van der Waals surface area contributed by atoms with Crippen LogP contribution in [0.4, 0.5) is 0 Å². The molecule has 0 aliphatic heterocycles. The van der Waals surface area contributed by atoms with Gasteiger partial charge in [0.1, 0.15) is 5.69 Å². The minimum absolute atomic E-state index is 0.0197. The predicted octanol–water partition coefficient (Wildman–Crippen LogP) is 3.00. The van der Waals surface area contributed by atoms with Crippen molar-refractivity contribution < 1.29 is 4.79 Å². The number of hydrogen-bond acceptors (Lipinski definition) is 2. The van der Waals surface area contributed by atoms with Gasteiger partial charge in [-0.2, -0.15) is 5.10 Å². The van der Waals surface area contributed by atoms with E-state index in [2.05, 4.69) is 40.2 Å². The number of carbonyl (C=O) groups excluding carboxylic acids is 1. The molecule has 0 radical (unpaired) electrons. The standard InChI is InChI=1S/C14H24BrN3O/c1-5-11-9-13(18(6-2)17-11)14(19)16-12(7-8-15)10(3)4/h9-10,12H,5-8H2,1-4H3,(H,16,19). The van der Waals surface area contributed by atoms with Crippen LogP contribution >= 0.6 is 15.9 Å². The van der Waals surface area contributed by atoms with Gasteiger partial charge in [0.05, 0.1) is 5.69 Å². The minimum atomic E-state index is -0.0197. The molecule has 0 spiro atoms. The van der Waals surface area contributed by atoms with Crippen LogP contribution in [0, 0.1) is 5.92 Å². The van der Waals surface area contributed by atoms with Crippen LogP contribution in [-0.2, 0) is 13.0 Å². The maximum Gasteiger partial charge on any atom is 0.269 e. The van der Waals surface area contributed by atoms with Crippen LogP contribution in [-0.4, -0.2) is 27.1 Å². The number of alkyl halides is 1. The molecule has 1 rings (SSSR count). The number of carbonyl (C=O) groups is 1. The van der Waals surface area contributed by atoms with E-state index in [4.69, 9.17) is 0 Å². The Kier molecular flexibility index (Phi) is 6.55. The van der Waals surface area contributed by atoms with E-state index in [1.54, 1.807) is 4.68 Å². The van der Waals surface area contributed by atoms with Gasteiger partial charge in [-0.25, -0.2) is 0 Å². The number of aromatic nitrogens is 2. The maximum absolute atomic E-state index is 12.4. The third-order valence-corrected chi connectivity index (χ3v) is 3.72. The molecule has 1 N–H and O–H groups in total. The summed E-state index contributed by atoms with van der Waals surface area (Å²) in [5.41, 5.74) is 1.63. The second kappa shape index (κ2) is 7.68. The molecule has 108 valence electrons. The van der Waals surface area contributed by atoms with Gasteiger partial charge in [0.25, 0.3) is 5.91 Å². The number of amides is 1. The quantitative estimate of drug-likeness (QED) is 0.781. The van der Waals surface area contributed by atoms with Crippen molar-refractivity contribution in [3.63, 3.8) is 0 Å². The lowest BCUT2D eigenvalue weighted by Crippen LogP contribution is -2.39. The number of nitrogens with one attached hydrogen (secondary N) is 1. The Hall–Kier alpha value is -0.840. The molecule has 1 unspecified atom stereocenters. The molecule has 0 aliphatic rings. The third-order valence-electron chi connectivity index (χ3n) is 3.27. The Bertz CT molecular complexity index is 415. The topological polar surface area (TPSA) is 46.9 Å². The van der Waals surface area contributed by atoms with Gasteiger partial charge in [0, 0.05) is 17.9 Å². The smallest absolute Gasteiger partial charge is 0.269 e. The minimum Gasteiger partial charge on any atom is -0.348 e. The van der Waals surface area contributed by atoms with Crippen LogP contribution in [0.5, 0.6) is 0 Å². The summed E-state index contributed by atoms with van der Waals surface area (Å²) < 4.78 is 1.78. The molecular weight excluding hydrogens is 306 g/mol. The van der Waals surface area contributed by atoms with Crippen molar-refractivity contribution in [2.45, 2.75) is 53.1 Å². The number of nitrogens with zero attached hydrogens (tertiary/aromatic N) is 2. The molecule has 1 amide bonds. The summed E-state index contributed by atoms with van der Waals surface area (Å²) in [7, 11) is 0. The van der Waals surface area contributed by atoms with Gasteiger partial charge >= 0.3 is 0 Å². The van der Waals surface area contributed by atoms with Gasteiger partial charge in [0.2, 0.25) is 0 Å². The molecule has 0 saturated heterocycles. The fraction of sp³-hybridized carbons (Fsp3) is 0.714. The molecule has 0 fully saturated rings. The average molecular weight is 330 g/mol. The first-order valence-electron chi connectivity index (χ1n) is 6.96. The first-order valence-corrected chi connectivity index (χ1v) is 8.09. The van der Waals surface area contributed by atoms with Crippen LogP contribution in [0.25, 0.3) is 0 Å². The Morgan fingerprint density at radius 1 is 1.47 bits per heavy atom. The summed E-state index contributed by atoms with van der Waals surface area (Å²) in [6.45, 7) is 9.02. The van der Waals surface area contributed by atoms with Crippen LogP contribution in [0.1, 0.15) is 50.3 Å². The molecular formula is C14H24BrN3O. The van der Waals surface area contributed by atoms with E-state index >= 15 is 0 Å². The summed E-state index contributed by atoms with van der Waals surface area (Å²) in [5.74, 6) is 0.402. The van der Waals surface area contributed by atoms with E-state index in [0.717, 1.165) is 23.9 Å². The van der Waals surface area contributed by atoms with Crippen LogP contribution in [0.2, 0.25) is 0 Å². The SMILES string of the molecule is CCc1cc(C(=O)NC(CCBr)C(C)C)n(CC)n1. The van der Waals surface area contributed by atoms with Crippen molar-refractivity contribution in [3.8, 4) is 0 Å². The molecule has 0 aliphatic carbocycles. The van der Waals surface area contributed by atoms with Gasteiger partial charge in [-0.05, 0) is 31.7 Å². The van der Waals surface area contributed by atoms with Gasteiger partial charge in [-0.3, -0.25) is 9.48 Å². The lowest BCUT2D eigenvalue weighted by Gasteiger charge is -2.21. The highest BCUT2D eigenvalue weighted by Crippen LogP contribution is 2.11.